The van der Waals surface area contributed by atoms with Crippen molar-refractivity contribution in [3.8, 4) is 23.0 Å². The van der Waals surface area contributed by atoms with E-state index in [9.17, 15) is 4.57 Å². The Morgan fingerprint density at radius 1 is 0.682 bits per heavy atom. The highest BCUT2D eigenvalue weighted by molar-refractivity contribution is 7.34. The summed E-state index contributed by atoms with van der Waals surface area (Å²) in [5.41, 5.74) is 0. The molecule has 0 saturated carbocycles. The van der Waals surface area contributed by atoms with Crippen molar-refractivity contribution in [3.05, 3.63) is 48.5 Å². The van der Waals surface area contributed by atoms with E-state index < -0.39 is 8.25 Å². The molecule has 118 valence electrons. The lowest BCUT2D eigenvalue weighted by molar-refractivity contribution is 0.339. The molecule has 0 aliphatic carbocycles. The molecule has 0 radical (unpaired) electrons. The molecule has 0 aliphatic heterocycles. The van der Waals surface area contributed by atoms with Crippen molar-refractivity contribution < 1.29 is 23.1 Å². The molecule has 0 aliphatic rings. The molecule has 0 aromatic heterocycles. The molecule has 0 unspecified atom stereocenters. The Morgan fingerprint density at radius 3 is 1.32 bits per heavy atom. The normalized spacial score (nSPS) is 10.3. The monoisotopic (exact) mass is 322 g/mol. The third-order valence-corrected chi connectivity index (χ3v) is 3.48. The topological polar surface area (TPSA) is 54.0 Å². The van der Waals surface area contributed by atoms with Gasteiger partial charge in [-0.1, -0.05) is 0 Å². The van der Waals surface area contributed by atoms with Gasteiger partial charge in [0.05, 0.1) is 13.2 Å². The summed E-state index contributed by atoms with van der Waals surface area (Å²) in [5.74, 6) is 2.42. The van der Waals surface area contributed by atoms with Gasteiger partial charge in [-0.15, -0.1) is 0 Å². The fourth-order valence-electron chi connectivity index (χ4n) is 1.75. The number of hydrogen-bond acceptors (Lipinski definition) is 5. The van der Waals surface area contributed by atoms with Crippen LogP contribution in [-0.4, -0.2) is 13.2 Å². The van der Waals surface area contributed by atoms with Crippen molar-refractivity contribution in [3.63, 3.8) is 0 Å². The Hall–Kier alpha value is -2.13. The molecule has 0 fully saturated rings. The highest BCUT2D eigenvalue weighted by Crippen LogP contribution is 2.32. The molecule has 0 N–H and O–H groups in total. The van der Waals surface area contributed by atoms with Gasteiger partial charge in [0.2, 0.25) is 0 Å². The molecular weight excluding hydrogens is 303 g/mol. The van der Waals surface area contributed by atoms with Crippen LogP contribution in [-0.2, 0) is 4.57 Å². The number of hydrogen-bond donors (Lipinski definition) is 0. The highest BCUT2D eigenvalue weighted by atomic mass is 31.1. The first kappa shape index (κ1) is 16.2. The van der Waals surface area contributed by atoms with Crippen LogP contribution in [0.15, 0.2) is 48.5 Å². The highest BCUT2D eigenvalue weighted by Gasteiger charge is 2.05. The minimum Gasteiger partial charge on any atom is -0.494 e. The van der Waals surface area contributed by atoms with Crippen LogP contribution in [0, 0.1) is 0 Å². The van der Waals surface area contributed by atoms with Gasteiger partial charge in [0.25, 0.3) is 0 Å². The summed E-state index contributed by atoms with van der Waals surface area (Å²) in [7, 11) is -2.68. The van der Waals surface area contributed by atoms with Crippen LogP contribution < -0.4 is 18.5 Å². The average Bonchev–Trinajstić information content (AvgIpc) is 2.52. The van der Waals surface area contributed by atoms with Gasteiger partial charge in [-0.25, -0.2) is 4.57 Å². The molecule has 2 aromatic carbocycles. The fraction of sp³-hybridized carbons (Fsp3) is 0.250. The summed E-state index contributed by atoms with van der Waals surface area (Å²) in [6.45, 7) is 5.01. The quantitative estimate of drug-likeness (QED) is 0.677. The molecular formula is C16H19O5P. The van der Waals surface area contributed by atoms with Gasteiger partial charge >= 0.3 is 8.25 Å². The van der Waals surface area contributed by atoms with Crippen LogP contribution >= 0.6 is 8.25 Å². The van der Waals surface area contributed by atoms with Gasteiger partial charge in [-0.05, 0) is 62.4 Å². The molecule has 0 saturated heterocycles. The number of benzene rings is 2. The predicted octanol–water partition coefficient (Wildman–Crippen LogP) is 4.33. The van der Waals surface area contributed by atoms with Gasteiger partial charge < -0.3 is 18.5 Å². The summed E-state index contributed by atoms with van der Waals surface area (Å²) in [4.78, 5) is 0. The summed E-state index contributed by atoms with van der Waals surface area (Å²) in [6.07, 6.45) is 0. The van der Waals surface area contributed by atoms with Crippen molar-refractivity contribution in [2.45, 2.75) is 13.8 Å². The van der Waals surface area contributed by atoms with Crippen LogP contribution in [0.2, 0.25) is 0 Å². The second-order valence-electron chi connectivity index (χ2n) is 4.26. The molecule has 22 heavy (non-hydrogen) atoms. The number of ether oxygens (including phenoxy) is 2. The largest absolute Gasteiger partial charge is 0.494 e. The smallest absolute Gasteiger partial charge is 0.418 e. The Morgan fingerprint density at radius 2 is 1.00 bits per heavy atom. The first-order chi connectivity index (χ1) is 10.7. The third kappa shape index (κ3) is 5.01. The SMILES string of the molecule is CCOc1ccc(O[PH](=O)Oc2ccc(OCC)cc2)cc1. The van der Waals surface area contributed by atoms with E-state index in [2.05, 4.69) is 0 Å². The van der Waals surface area contributed by atoms with Gasteiger partial charge in [-0.3, -0.25) is 0 Å². The Labute approximate surface area is 130 Å². The molecule has 2 aromatic rings. The maximum atomic E-state index is 11.9. The minimum absolute atomic E-state index is 0.471. The van der Waals surface area contributed by atoms with E-state index in [1.165, 1.54) is 0 Å². The predicted molar refractivity (Wildman–Crippen MR) is 85.5 cm³/mol. The summed E-state index contributed by atoms with van der Waals surface area (Å²) >= 11 is 0. The molecule has 0 heterocycles. The maximum Gasteiger partial charge on any atom is 0.418 e. The van der Waals surface area contributed by atoms with Crippen molar-refractivity contribution in [1.29, 1.82) is 0 Å². The molecule has 2 rings (SSSR count). The van der Waals surface area contributed by atoms with E-state index in [-0.39, 0.29) is 0 Å². The molecule has 0 spiro atoms. The lowest BCUT2D eigenvalue weighted by atomic mass is 10.3. The summed E-state index contributed by atoms with van der Waals surface area (Å²) < 4.78 is 33.1. The van der Waals surface area contributed by atoms with E-state index in [1.54, 1.807) is 48.5 Å². The summed E-state index contributed by atoms with van der Waals surface area (Å²) in [5, 5.41) is 0. The Kier molecular flexibility index (Phi) is 6.16. The molecule has 5 nitrogen and oxygen atoms in total. The number of rotatable bonds is 8. The van der Waals surface area contributed by atoms with Crippen molar-refractivity contribution >= 4 is 8.25 Å². The zero-order chi connectivity index (χ0) is 15.8. The van der Waals surface area contributed by atoms with Gasteiger partial charge in [0, 0.05) is 0 Å². The Balaban J connectivity index is 1.89. The van der Waals surface area contributed by atoms with Gasteiger partial charge in [0.15, 0.2) is 0 Å². The molecule has 6 heteroatoms. The van der Waals surface area contributed by atoms with Crippen LogP contribution in [0.5, 0.6) is 23.0 Å². The van der Waals surface area contributed by atoms with E-state index in [4.69, 9.17) is 18.5 Å². The van der Waals surface area contributed by atoms with Crippen LogP contribution in [0.25, 0.3) is 0 Å². The molecule has 0 bridgehead atoms. The summed E-state index contributed by atoms with van der Waals surface area (Å²) in [6, 6.07) is 13.8. The van der Waals surface area contributed by atoms with E-state index in [0.717, 1.165) is 11.5 Å². The first-order valence-electron chi connectivity index (χ1n) is 7.06. The third-order valence-electron chi connectivity index (χ3n) is 2.67. The van der Waals surface area contributed by atoms with Crippen molar-refractivity contribution in [1.82, 2.24) is 0 Å². The van der Waals surface area contributed by atoms with Crippen molar-refractivity contribution in [2.75, 3.05) is 13.2 Å². The first-order valence-corrected chi connectivity index (χ1v) is 8.29. The lowest BCUT2D eigenvalue weighted by Gasteiger charge is -2.09. The standard InChI is InChI=1S/C16H19O5P/c1-3-18-13-5-9-15(10-6-13)20-22(17)21-16-11-7-14(8-12-16)19-4-2/h5-12,22H,3-4H2,1-2H3. The molecule has 0 atom stereocenters. The average molecular weight is 322 g/mol. The fourth-order valence-corrected chi connectivity index (χ4v) is 2.45. The zero-order valence-electron chi connectivity index (χ0n) is 12.6. The minimum atomic E-state index is -2.68. The van der Waals surface area contributed by atoms with E-state index in [1.807, 2.05) is 13.8 Å². The molecule has 0 amide bonds. The lowest BCUT2D eigenvalue weighted by Crippen LogP contribution is -1.93. The van der Waals surface area contributed by atoms with E-state index in [0.29, 0.717) is 24.7 Å². The maximum absolute atomic E-state index is 11.9. The van der Waals surface area contributed by atoms with Gasteiger partial charge in [-0.2, -0.15) is 0 Å². The van der Waals surface area contributed by atoms with Crippen LogP contribution in [0.4, 0.5) is 0 Å². The van der Waals surface area contributed by atoms with Gasteiger partial charge in [0.1, 0.15) is 23.0 Å². The second kappa shape index (κ2) is 8.35. The van der Waals surface area contributed by atoms with Crippen molar-refractivity contribution in [2.24, 2.45) is 0 Å². The van der Waals surface area contributed by atoms with E-state index >= 15 is 0 Å². The zero-order valence-corrected chi connectivity index (χ0v) is 13.6. The van der Waals surface area contributed by atoms with Crippen LogP contribution in [0.1, 0.15) is 13.8 Å². The Bertz CT molecular complexity index is 541. The second-order valence-corrected chi connectivity index (χ2v) is 5.17. The van der Waals surface area contributed by atoms with Crippen LogP contribution in [0.3, 0.4) is 0 Å².